The van der Waals surface area contributed by atoms with E-state index in [9.17, 15) is 9.59 Å². The molecule has 1 heterocycles. The van der Waals surface area contributed by atoms with E-state index in [0.29, 0.717) is 37.7 Å². The first kappa shape index (κ1) is 18.9. The summed E-state index contributed by atoms with van der Waals surface area (Å²) in [7, 11) is 0. The van der Waals surface area contributed by atoms with Gasteiger partial charge >= 0.3 is 11.8 Å². The number of benzene rings is 2. The quantitative estimate of drug-likeness (QED) is 0.760. The largest absolute Gasteiger partial charge is 0.457 e. The number of carbonyl (C=O) groups is 2. The fraction of sp³-hybridized carbons (Fsp3) is 0.300. The summed E-state index contributed by atoms with van der Waals surface area (Å²) in [5, 5.41) is 5.22. The van der Waals surface area contributed by atoms with Crippen LogP contribution in [0, 0.1) is 0 Å². The van der Waals surface area contributed by atoms with E-state index in [0.717, 1.165) is 18.8 Å². The van der Waals surface area contributed by atoms with Crippen LogP contribution >= 0.6 is 0 Å². The summed E-state index contributed by atoms with van der Waals surface area (Å²) in [5.41, 5.74) is 0.531. The zero-order valence-electron chi connectivity index (χ0n) is 15.0. The van der Waals surface area contributed by atoms with Crippen LogP contribution in [0.5, 0.6) is 11.5 Å². The standard InChI is InChI=1S/C20H23N3O4/c24-19(21-10-11-23-12-14-26-15-13-23)20(25)22-16-6-8-18(9-7-16)27-17-4-2-1-3-5-17/h1-9H,10-15H2,(H,21,24)(H,22,25). The van der Waals surface area contributed by atoms with Crippen molar-refractivity contribution in [3.63, 3.8) is 0 Å². The van der Waals surface area contributed by atoms with Crippen molar-refractivity contribution in [2.24, 2.45) is 0 Å². The predicted octanol–water partition coefficient (Wildman–Crippen LogP) is 1.87. The van der Waals surface area contributed by atoms with Crippen LogP contribution in [0.3, 0.4) is 0 Å². The van der Waals surface area contributed by atoms with Gasteiger partial charge in [-0.3, -0.25) is 14.5 Å². The van der Waals surface area contributed by atoms with Crippen LogP contribution < -0.4 is 15.4 Å². The smallest absolute Gasteiger partial charge is 0.313 e. The molecule has 0 saturated carbocycles. The second kappa shape index (κ2) is 9.70. The third-order valence-corrected chi connectivity index (χ3v) is 4.11. The molecule has 0 spiro atoms. The fourth-order valence-electron chi connectivity index (χ4n) is 2.65. The lowest BCUT2D eigenvalue weighted by atomic mass is 10.3. The topological polar surface area (TPSA) is 79.9 Å². The number of anilines is 1. The summed E-state index contributed by atoms with van der Waals surface area (Å²) >= 11 is 0. The molecule has 1 saturated heterocycles. The Morgan fingerprint density at radius 1 is 0.926 bits per heavy atom. The van der Waals surface area contributed by atoms with Gasteiger partial charge in [-0.25, -0.2) is 0 Å². The van der Waals surface area contributed by atoms with E-state index in [1.165, 1.54) is 0 Å². The average molecular weight is 369 g/mol. The summed E-state index contributed by atoms with van der Waals surface area (Å²) in [4.78, 5) is 26.1. The Kier molecular flexibility index (Phi) is 6.78. The number of hydrogen-bond acceptors (Lipinski definition) is 5. The van der Waals surface area contributed by atoms with Crippen molar-refractivity contribution >= 4 is 17.5 Å². The monoisotopic (exact) mass is 369 g/mol. The Hall–Kier alpha value is -2.90. The Morgan fingerprint density at radius 2 is 1.59 bits per heavy atom. The lowest BCUT2D eigenvalue weighted by Gasteiger charge is -2.26. The van der Waals surface area contributed by atoms with Crippen molar-refractivity contribution in [1.29, 1.82) is 0 Å². The van der Waals surface area contributed by atoms with Gasteiger partial charge in [-0.05, 0) is 36.4 Å². The molecule has 1 aliphatic heterocycles. The highest BCUT2D eigenvalue weighted by Crippen LogP contribution is 2.22. The van der Waals surface area contributed by atoms with E-state index >= 15 is 0 Å². The van der Waals surface area contributed by atoms with Crippen molar-refractivity contribution in [3.05, 3.63) is 54.6 Å². The molecule has 2 aromatic carbocycles. The van der Waals surface area contributed by atoms with E-state index in [2.05, 4.69) is 15.5 Å². The molecular weight excluding hydrogens is 346 g/mol. The third-order valence-electron chi connectivity index (χ3n) is 4.11. The second-order valence-electron chi connectivity index (χ2n) is 6.10. The average Bonchev–Trinajstić information content (AvgIpc) is 2.71. The molecule has 0 bridgehead atoms. The zero-order chi connectivity index (χ0) is 18.9. The molecule has 7 heteroatoms. The Balaban J connectivity index is 1.42. The van der Waals surface area contributed by atoms with Gasteiger partial charge in [0.05, 0.1) is 13.2 Å². The maximum Gasteiger partial charge on any atom is 0.313 e. The van der Waals surface area contributed by atoms with Gasteiger partial charge in [0.2, 0.25) is 0 Å². The highest BCUT2D eigenvalue weighted by molar-refractivity contribution is 6.39. The van der Waals surface area contributed by atoms with Crippen molar-refractivity contribution in [3.8, 4) is 11.5 Å². The third kappa shape index (κ3) is 6.09. The van der Waals surface area contributed by atoms with Crippen LogP contribution in [0.4, 0.5) is 5.69 Å². The molecule has 2 amide bonds. The van der Waals surface area contributed by atoms with Gasteiger partial charge in [0.25, 0.3) is 0 Å². The molecule has 0 atom stereocenters. The first-order valence-electron chi connectivity index (χ1n) is 8.93. The molecule has 2 aromatic rings. The summed E-state index contributed by atoms with van der Waals surface area (Å²) in [6, 6.07) is 16.3. The SMILES string of the molecule is O=C(NCCN1CCOCC1)C(=O)Nc1ccc(Oc2ccccc2)cc1. The van der Waals surface area contributed by atoms with Crippen LogP contribution in [0.1, 0.15) is 0 Å². The lowest BCUT2D eigenvalue weighted by molar-refractivity contribution is -0.136. The Labute approximate surface area is 158 Å². The van der Waals surface area contributed by atoms with E-state index < -0.39 is 11.8 Å². The summed E-state index contributed by atoms with van der Waals surface area (Å²) < 4.78 is 11.0. The first-order chi connectivity index (χ1) is 13.2. The molecular formula is C20H23N3O4. The van der Waals surface area contributed by atoms with Gasteiger partial charge in [0.15, 0.2) is 0 Å². The molecule has 1 fully saturated rings. The van der Waals surface area contributed by atoms with Gasteiger partial charge in [-0.2, -0.15) is 0 Å². The number of amides is 2. The minimum atomic E-state index is -0.686. The predicted molar refractivity (Wildman–Crippen MR) is 102 cm³/mol. The maximum atomic E-state index is 12.0. The Bertz CT molecular complexity index is 744. The minimum Gasteiger partial charge on any atom is -0.457 e. The summed E-state index contributed by atoms with van der Waals surface area (Å²) in [5.74, 6) is 0.0460. The molecule has 0 unspecified atom stereocenters. The van der Waals surface area contributed by atoms with Gasteiger partial charge < -0.3 is 20.1 Å². The molecule has 0 aromatic heterocycles. The number of morpholine rings is 1. The molecule has 2 N–H and O–H groups in total. The molecule has 1 aliphatic rings. The number of hydrogen-bond donors (Lipinski definition) is 2. The second-order valence-corrected chi connectivity index (χ2v) is 6.10. The molecule has 7 nitrogen and oxygen atoms in total. The van der Waals surface area contributed by atoms with Crippen LogP contribution in [0.2, 0.25) is 0 Å². The van der Waals surface area contributed by atoms with Crippen LogP contribution in [0.25, 0.3) is 0 Å². The van der Waals surface area contributed by atoms with E-state index in [-0.39, 0.29) is 0 Å². The number of rotatable bonds is 6. The minimum absolute atomic E-state index is 0.427. The molecule has 142 valence electrons. The number of nitrogens with zero attached hydrogens (tertiary/aromatic N) is 1. The number of carbonyl (C=O) groups excluding carboxylic acids is 2. The lowest BCUT2D eigenvalue weighted by Crippen LogP contribution is -2.43. The van der Waals surface area contributed by atoms with E-state index in [1.54, 1.807) is 24.3 Å². The normalized spacial score (nSPS) is 14.4. The van der Waals surface area contributed by atoms with Crippen molar-refractivity contribution in [2.45, 2.75) is 0 Å². The van der Waals surface area contributed by atoms with Crippen LogP contribution in [0.15, 0.2) is 54.6 Å². The number of ether oxygens (including phenoxy) is 2. The highest BCUT2D eigenvalue weighted by atomic mass is 16.5. The summed E-state index contributed by atoms with van der Waals surface area (Å²) in [6.45, 7) is 4.24. The number of nitrogens with one attached hydrogen (secondary N) is 2. The molecule has 3 rings (SSSR count). The molecule has 27 heavy (non-hydrogen) atoms. The first-order valence-corrected chi connectivity index (χ1v) is 8.93. The Morgan fingerprint density at radius 3 is 2.30 bits per heavy atom. The number of para-hydroxylation sites is 1. The highest BCUT2D eigenvalue weighted by Gasteiger charge is 2.15. The van der Waals surface area contributed by atoms with Crippen molar-refractivity contribution in [1.82, 2.24) is 10.2 Å². The van der Waals surface area contributed by atoms with Crippen LogP contribution in [-0.2, 0) is 14.3 Å². The van der Waals surface area contributed by atoms with Crippen molar-refractivity contribution in [2.75, 3.05) is 44.7 Å². The van der Waals surface area contributed by atoms with Gasteiger partial charge in [-0.1, -0.05) is 18.2 Å². The zero-order valence-corrected chi connectivity index (χ0v) is 15.0. The van der Waals surface area contributed by atoms with Gasteiger partial charge in [-0.15, -0.1) is 0 Å². The van der Waals surface area contributed by atoms with Crippen molar-refractivity contribution < 1.29 is 19.1 Å². The van der Waals surface area contributed by atoms with Gasteiger partial charge in [0.1, 0.15) is 11.5 Å². The fourth-order valence-corrected chi connectivity index (χ4v) is 2.65. The van der Waals surface area contributed by atoms with Gasteiger partial charge in [0, 0.05) is 31.9 Å². The van der Waals surface area contributed by atoms with Crippen LogP contribution in [-0.4, -0.2) is 56.1 Å². The van der Waals surface area contributed by atoms with E-state index in [1.807, 2.05) is 30.3 Å². The maximum absolute atomic E-state index is 12.0. The molecule has 0 aliphatic carbocycles. The summed E-state index contributed by atoms with van der Waals surface area (Å²) in [6.07, 6.45) is 0. The molecule has 0 radical (unpaired) electrons. The van der Waals surface area contributed by atoms with E-state index in [4.69, 9.17) is 9.47 Å².